The predicted molar refractivity (Wildman–Crippen MR) is 79.5 cm³/mol. The number of fused-ring (bicyclic) bond motifs is 1. The Labute approximate surface area is 122 Å². The van der Waals surface area contributed by atoms with Crippen LogP contribution in [-0.4, -0.2) is 36.5 Å². The molecule has 3 fully saturated rings. The van der Waals surface area contributed by atoms with Crippen LogP contribution < -0.4 is 5.32 Å². The Morgan fingerprint density at radius 1 is 1.00 bits per heavy atom. The Bertz CT molecular complexity index is 303. The van der Waals surface area contributed by atoms with Gasteiger partial charge >= 0.3 is 0 Å². The monoisotopic (exact) mass is 286 g/mol. The van der Waals surface area contributed by atoms with Crippen molar-refractivity contribution in [3.05, 3.63) is 0 Å². The van der Waals surface area contributed by atoms with Crippen molar-refractivity contribution in [2.75, 3.05) is 19.6 Å². The minimum absolute atomic E-state index is 0. The minimum atomic E-state index is 0. The van der Waals surface area contributed by atoms with E-state index in [1.54, 1.807) is 0 Å². The van der Waals surface area contributed by atoms with Gasteiger partial charge in [0.1, 0.15) is 0 Å². The highest BCUT2D eigenvalue weighted by Gasteiger charge is 2.37. The summed E-state index contributed by atoms with van der Waals surface area (Å²) in [5.74, 6) is 1.53. The van der Waals surface area contributed by atoms with Crippen molar-refractivity contribution in [2.45, 2.75) is 57.4 Å². The molecule has 2 heterocycles. The van der Waals surface area contributed by atoms with Crippen molar-refractivity contribution in [2.24, 2.45) is 11.8 Å². The molecule has 0 aromatic rings. The van der Waals surface area contributed by atoms with Crippen LogP contribution >= 0.6 is 12.4 Å². The predicted octanol–water partition coefficient (Wildman–Crippen LogP) is 2.59. The van der Waals surface area contributed by atoms with Crippen molar-refractivity contribution in [3.63, 3.8) is 0 Å². The molecule has 4 heteroatoms. The first kappa shape index (κ1) is 15.1. The maximum Gasteiger partial charge on any atom is 0.227 e. The molecule has 3 atom stereocenters. The van der Waals surface area contributed by atoms with E-state index >= 15 is 0 Å². The summed E-state index contributed by atoms with van der Waals surface area (Å²) < 4.78 is 0. The van der Waals surface area contributed by atoms with Gasteiger partial charge in [0.05, 0.1) is 5.92 Å². The van der Waals surface area contributed by atoms with E-state index in [4.69, 9.17) is 0 Å². The first-order valence-electron chi connectivity index (χ1n) is 7.87. The van der Waals surface area contributed by atoms with E-state index in [0.717, 1.165) is 32.0 Å². The van der Waals surface area contributed by atoms with Crippen molar-refractivity contribution >= 4 is 18.3 Å². The lowest BCUT2D eigenvalue weighted by atomic mass is 9.77. The molecule has 1 amide bonds. The average molecular weight is 287 g/mol. The summed E-state index contributed by atoms with van der Waals surface area (Å²) in [7, 11) is 0. The molecule has 2 unspecified atom stereocenters. The second-order valence-electron chi connectivity index (χ2n) is 6.33. The molecule has 0 spiro atoms. The number of halogens is 1. The number of rotatable bonds is 1. The second-order valence-corrected chi connectivity index (χ2v) is 6.33. The zero-order valence-electron chi connectivity index (χ0n) is 11.8. The zero-order valence-corrected chi connectivity index (χ0v) is 12.6. The maximum absolute atomic E-state index is 12.7. The average Bonchev–Trinajstić information content (AvgIpc) is 2.47. The van der Waals surface area contributed by atoms with Gasteiger partial charge in [-0.15, -0.1) is 12.4 Å². The topological polar surface area (TPSA) is 32.3 Å². The van der Waals surface area contributed by atoms with Crippen molar-refractivity contribution < 1.29 is 4.79 Å². The summed E-state index contributed by atoms with van der Waals surface area (Å²) in [6.45, 7) is 3.03. The number of amides is 1. The molecule has 3 nitrogen and oxygen atoms in total. The van der Waals surface area contributed by atoms with Crippen molar-refractivity contribution in [1.82, 2.24) is 10.2 Å². The summed E-state index contributed by atoms with van der Waals surface area (Å²) in [6, 6.07) is 0.585. The van der Waals surface area contributed by atoms with Gasteiger partial charge in [-0.05, 0) is 51.0 Å². The van der Waals surface area contributed by atoms with Gasteiger partial charge in [0.25, 0.3) is 0 Å². The minimum Gasteiger partial charge on any atom is -0.339 e. The van der Waals surface area contributed by atoms with E-state index in [1.165, 1.54) is 44.9 Å². The van der Waals surface area contributed by atoms with Crippen LogP contribution in [-0.2, 0) is 4.79 Å². The second kappa shape index (κ2) is 6.94. The number of carbonyl (C=O) groups excluding carboxylic acids is 1. The van der Waals surface area contributed by atoms with E-state index < -0.39 is 0 Å². The molecule has 3 aliphatic rings. The lowest BCUT2D eigenvalue weighted by Crippen LogP contribution is -2.53. The van der Waals surface area contributed by atoms with E-state index in [0.29, 0.717) is 11.9 Å². The highest BCUT2D eigenvalue weighted by molar-refractivity contribution is 5.85. The molecule has 1 saturated carbocycles. The smallest absolute Gasteiger partial charge is 0.227 e. The first-order valence-corrected chi connectivity index (χ1v) is 7.87. The van der Waals surface area contributed by atoms with Crippen molar-refractivity contribution in [1.29, 1.82) is 0 Å². The van der Waals surface area contributed by atoms with Crippen LogP contribution in [0.2, 0.25) is 0 Å². The lowest BCUT2D eigenvalue weighted by molar-refractivity contribution is -0.142. The summed E-state index contributed by atoms with van der Waals surface area (Å²) >= 11 is 0. The molecule has 2 saturated heterocycles. The van der Waals surface area contributed by atoms with E-state index in [2.05, 4.69) is 10.2 Å². The quantitative estimate of drug-likeness (QED) is 0.804. The Kier molecular flexibility index (Phi) is 5.52. The Balaban J connectivity index is 0.00000133. The van der Waals surface area contributed by atoms with Crippen LogP contribution in [0, 0.1) is 11.8 Å². The van der Waals surface area contributed by atoms with Crippen molar-refractivity contribution in [3.8, 4) is 0 Å². The third-order valence-electron chi connectivity index (χ3n) is 5.17. The van der Waals surface area contributed by atoms with E-state index in [-0.39, 0.29) is 18.3 Å². The highest BCUT2D eigenvalue weighted by Crippen LogP contribution is 2.36. The number of piperidine rings is 2. The maximum atomic E-state index is 12.7. The van der Waals surface area contributed by atoms with Crippen LogP contribution in [0.25, 0.3) is 0 Å². The van der Waals surface area contributed by atoms with Gasteiger partial charge in [0.15, 0.2) is 0 Å². The number of nitrogens with zero attached hydrogens (tertiary/aromatic N) is 1. The van der Waals surface area contributed by atoms with Gasteiger partial charge in [0, 0.05) is 19.1 Å². The van der Waals surface area contributed by atoms with Gasteiger partial charge < -0.3 is 10.2 Å². The van der Waals surface area contributed by atoms with E-state index in [9.17, 15) is 4.79 Å². The van der Waals surface area contributed by atoms with E-state index in [1.807, 2.05) is 0 Å². The molecule has 1 N–H and O–H groups in total. The molecule has 0 aromatic heterocycles. The molecule has 0 aromatic carbocycles. The van der Waals surface area contributed by atoms with Crippen LogP contribution in [0.15, 0.2) is 0 Å². The third-order valence-corrected chi connectivity index (χ3v) is 5.17. The summed E-state index contributed by atoms with van der Waals surface area (Å²) in [4.78, 5) is 15.0. The Morgan fingerprint density at radius 3 is 2.58 bits per heavy atom. The normalized spacial score (nSPS) is 35.2. The van der Waals surface area contributed by atoms with Gasteiger partial charge in [-0.3, -0.25) is 4.79 Å². The SMILES string of the molecule is Cl.O=C([C@@H]1CCCNC1)N1CCCC2CCCCC21. The fourth-order valence-electron chi connectivity index (χ4n) is 4.20. The fourth-order valence-corrected chi connectivity index (χ4v) is 4.20. The summed E-state index contributed by atoms with van der Waals surface area (Å²) in [5, 5.41) is 3.38. The molecule has 1 aliphatic carbocycles. The third kappa shape index (κ3) is 3.25. The number of likely N-dealkylation sites (tertiary alicyclic amines) is 1. The zero-order chi connectivity index (χ0) is 12.4. The molecule has 19 heavy (non-hydrogen) atoms. The number of carbonyl (C=O) groups is 1. The number of nitrogens with one attached hydrogen (secondary N) is 1. The molecule has 0 radical (unpaired) electrons. The first-order chi connectivity index (χ1) is 8.86. The molecular formula is C15H27ClN2O. The molecule has 3 rings (SSSR count). The Hall–Kier alpha value is -0.280. The number of hydrogen-bond donors (Lipinski definition) is 1. The van der Waals surface area contributed by atoms with Crippen LogP contribution in [0.3, 0.4) is 0 Å². The van der Waals surface area contributed by atoms with Crippen LogP contribution in [0.5, 0.6) is 0 Å². The molecule has 110 valence electrons. The van der Waals surface area contributed by atoms with Gasteiger partial charge in [-0.1, -0.05) is 12.8 Å². The molecular weight excluding hydrogens is 260 g/mol. The summed E-state index contributed by atoms with van der Waals surface area (Å²) in [5.41, 5.74) is 0. The molecule has 2 aliphatic heterocycles. The van der Waals surface area contributed by atoms with Gasteiger partial charge in [-0.2, -0.15) is 0 Å². The Morgan fingerprint density at radius 2 is 1.79 bits per heavy atom. The van der Waals surface area contributed by atoms with Crippen LogP contribution in [0.1, 0.15) is 51.4 Å². The van der Waals surface area contributed by atoms with Crippen LogP contribution in [0.4, 0.5) is 0 Å². The lowest BCUT2D eigenvalue weighted by Gasteiger charge is -2.45. The standard InChI is InChI=1S/C15H26N2O.ClH/c18-15(13-6-3-9-16-11-13)17-10-4-7-12-5-1-2-8-14(12)17;/h12-14,16H,1-11H2;1H/t12?,13-,14?;/m1./s1. The summed E-state index contributed by atoms with van der Waals surface area (Å²) in [6.07, 6.45) is 10.2. The number of hydrogen-bond acceptors (Lipinski definition) is 2. The molecule has 0 bridgehead atoms. The van der Waals surface area contributed by atoms with Gasteiger partial charge in [0.2, 0.25) is 5.91 Å². The fraction of sp³-hybridized carbons (Fsp3) is 0.933. The largest absolute Gasteiger partial charge is 0.339 e. The van der Waals surface area contributed by atoms with Gasteiger partial charge in [-0.25, -0.2) is 0 Å². The highest BCUT2D eigenvalue weighted by atomic mass is 35.5.